The second-order valence-corrected chi connectivity index (χ2v) is 3.82. The van der Waals surface area contributed by atoms with Gasteiger partial charge in [-0.1, -0.05) is 31.5 Å². The van der Waals surface area contributed by atoms with Crippen LogP contribution in [-0.4, -0.2) is 9.97 Å². The molecule has 0 unspecified atom stereocenters. The number of nitrogens with one attached hydrogen (secondary N) is 1. The van der Waals surface area contributed by atoms with E-state index in [-0.39, 0.29) is 0 Å². The first-order valence-corrected chi connectivity index (χ1v) is 5.88. The number of rotatable bonds is 5. The lowest BCUT2D eigenvalue weighted by atomic mass is 10.2. The van der Waals surface area contributed by atoms with E-state index in [0.29, 0.717) is 11.7 Å². The highest BCUT2D eigenvalue weighted by molar-refractivity contribution is 5.48. The molecule has 0 fully saturated rings. The minimum absolute atomic E-state index is 0.547. The molecule has 0 saturated carbocycles. The van der Waals surface area contributed by atoms with Crippen molar-refractivity contribution in [3.63, 3.8) is 0 Å². The van der Waals surface area contributed by atoms with Crippen LogP contribution in [0, 0.1) is 0 Å². The fraction of sp³-hybridized carbons (Fsp3) is 0.231. The Morgan fingerprint density at radius 1 is 1.22 bits per heavy atom. The average Bonchev–Trinajstić information content (AvgIpc) is 2.42. The van der Waals surface area contributed by atoms with Gasteiger partial charge in [0, 0.05) is 0 Å². The lowest BCUT2D eigenvalue weighted by Gasteiger charge is -2.12. The van der Waals surface area contributed by atoms with Gasteiger partial charge >= 0.3 is 0 Å². The predicted octanol–water partition coefficient (Wildman–Crippen LogP) is 2.51. The molecule has 0 aliphatic rings. The number of benzene rings is 1. The van der Waals surface area contributed by atoms with Gasteiger partial charge in [-0.25, -0.2) is 15.8 Å². The fourth-order valence-corrected chi connectivity index (χ4v) is 1.68. The van der Waals surface area contributed by atoms with Crippen molar-refractivity contribution in [1.29, 1.82) is 0 Å². The van der Waals surface area contributed by atoms with Crippen LogP contribution in [0.5, 0.6) is 11.6 Å². The summed E-state index contributed by atoms with van der Waals surface area (Å²) >= 11 is 0. The Labute approximate surface area is 106 Å². The molecular weight excluding hydrogens is 228 g/mol. The molecule has 0 spiro atoms. The summed E-state index contributed by atoms with van der Waals surface area (Å²) in [7, 11) is 0. The zero-order valence-electron chi connectivity index (χ0n) is 10.3. The van der Waals surface area contributed by atoms with Crippen molar-refractivity contribution in [3.8, 4) is 11.6 Å². The third-order valence-corrected chi connectivity index (χ3v) is 2.50. The number of nitrogens with zero attached hydrogens (tertiary/aromatic N) is 2. The number of aromatic nitrogens is 2. The van der Waals surface area contributed by atoms with Crippen LogP contribution >= 0.6 is 0 Å². The van der Waals surface area contributed by atoms with Crippen LogP contribution in [0.25, 0.3) is 0 Å². The highest BCUT2D eigenvalue weighted by atomic mass is 16.5. The number of anilines is 1. The Hall–Kier alpha value is -2.14. The molecule has 2 rings (SSSR count). The molecule has 0 amide bonds. The lowest BCUT2D eigenvalue weighted by molar-refractivity contribution is 0.454. The number of hydrazine groups is 1. The van der Waals surface area contributed by atoms with E-state index in [9.17, 15) is 0 Å². The SMILES string of the molecule is CCCc1c(NN)ncnc1Oc1ccccc1. The zero-order valence-corrected chi connectivity index (χ0v) is 10.3. The van der Waals surface area contributed by atoms with Crippen molar-refractivity contribution in [2.75, 3.05) is 5.43 Å². The molecule has 5 nitrogen and oxygen atoms in total. The summed E-state index contributed by atoms with van der Waals surface area (Å²) in [6.45, 7) is 2.08. The van der Waals surface area contributed by atoms with E-state index in [0.717, 1.165) is 24.2 Å². The fourth-order valence-electron chi connectivity index (χ4n) is 1.68. The summed E-state index contributed by atoms with van der Waals surface area (Å²) < 4.78 is 5.76. The van der Waals surface area contributed by atoms with Crippen molar-refractivity contribution in [2.24, 2.45) is 5.84 Å². The molecule has 5 heteroatoms. The second kappa shape index (κ2) is 5.97. The minimum atomic E-state index is 0.547. The number of nitrogens with two attached hydrogens (primary N) is 1. The van der Waals surface area contributed by atoms with Crippen LogP contribution in [-0.2, 0) is 6.42 Å². The summed E-state index contributed by atoms with van der Waals surface area (Å²) in [4.78, 5) is 8.26. The quantitative estimate of drug-likeness (QED) is 0.624. The number of hydrogen-bond acceptors (Lipinski definition) is 5. The van der Waals surface area contributed by atoms with E-state index >= 15 is 0 Å². The first-order chi connectivity index (χ1) is 8.85. The van der Waals surface area contributed by atoms with Gasteiger partial charge in [0.1, 0.15) is 17.9 Å². The maximum absolute atomic E-state index is 5.76. The highest BCUT2D eigenvalue weighted by Gasteiger charge is 2.11. The highest BCUT2D eigenvalue weighted by Crippen LogP contribution is 2.27. The maximum Gasteiger partial charge on any atom is 0.227 e. The summed E-state index contributed by atoms with van der Waals surface area (Å²) in [6, 6.07) is 9.53. The first-order valence-electron chi connectivity index (χ1n) is 5.88. The second-order valence-electron chi connectivity index (χ2n) is 3.82. The summed E-state index contributed by atoms with van der Waals surface area (Å²) in [5, 5.41) is 0. The Balaban J connectivity index is 2.32. The molecule has 0 saturated heterocycles. The molecule has 0 aliphatic carbocycles. The van der Waals surface area contributed by atoms with Gasteiger partial charge in [-0.05, 0) is 18.6 Å². The van der Waals surface area contributed by atoms with Gasteiger partial charge in [0.25, 0.3) is 0 Å². The van der Waals surface area contributed by atoms with Crippen LogP contribution in [0.2, 0.25) is 0 Å². The van der Waals surface area contributed by atoms with Crippen molar-refractivity contribution in [2.45, 2.75) is 19.8 Å². The van der Waals surface area contributed by atoms with Crippen LogP contribution in [0.4, 0.5) is 5.82 Å². The van der Waals surface area contributed by atoms with Gasteiger partial charge in [-0.15, -0.1) is 0 Å². The molecule has 2 aromatic rings. The zero-order chi connectivity index (χ0) is 12.8. The molecule has 0 bridgehead atoms. The molecule has 1 aromatic carbocycles. The molecule has 0 atom stereocenters. The third-order valence-electron chi connectivity index (χ3n) is 2.50. The number of hydrogen-bond donors (Lipinski definition) is 2. The maximum atomic E-state index is 5.76. The van der Waals surface area contributed by atoms with Crippen molar-refractivity contribution in [3.05, 3.63) is 42.2 Å². The standard InChI is InChI=1S/C13H16N4O/c1-2-6-11-12(17-14)15-9-16-13(11)18-10-7-4-3-5-8-10/h3-5,7-9H,2,6,14H2,1H3,(H,15,16,17). The lowest BCUT2D eigenvalue weighted by Crippen LogP contribution is -2.12. The van der Waals surface area contributed by atoms with E-state index < -0.39 is 0 Å². The van der Waals surface area contributed by atoms with E-state index in [1.807, 2.05) is 30.3 Å². The van der Waals surface area contributed by atoms with E-state index in [1.165, 1.54) is 6.33 Å². The average molecular weight is 244 g/mol. The molecule has 94 valence electrons. The molecular formula is C13H16N4O. The Morgan fingerprint density at radius 3 is 2.67 bits per heavy atom. The molecule has 3 N–H and O–H groups in total. The van der Waals surface area contributed by atoms with Crippen LogP contribution < -0.4 is 16.0 Å². The van der Waals surface area contributed by atoms with E-state index in [4.69, 9.17) is 10.6 Å². The van der Waals surface area contributed by atoms with Crippen molar-refractivity contribution in [1.82, 2.24) is 9.97 Å². The number of para-hydroxylation sites is 1. The predicted molar refractivity (Wildman–Crippen MR) is 70.4 cm³/mol. The van der Waals surface area contributed by atoms with Crippen molar-refractivity contribution < 1.29 is 4.74 Å². The van der Waals surface area contributed by atoms with Gasteiger partial charge in [-0.2, -0.15) is 0 Å². The Bertz CT molecular complexity index is 502. The molecule has 18 heavy (non-hydrogen) atoms. The Kier molecular flexibility index (Phi) is 4.09. The Morgan fingerprint density at radius 2 is 2.00 bits per heavy atom. The normalized spacial score (nSPS) is 10.1. The first kappa shape index (κ1) is 12.3. The molecule has 1 heterocycles. The van der Waals surface area contributed by atoms with Gasteiger partial charge in [0.2, 0.25) is 5.88 Å². The number of ether oxygens (including phenoxy) is 1. The monoisotopic (exact) mass is 244 g/mol. The molecule has 0 radical (unpaired) electrons. The molecule has 0 aliphatic heterocycles. The van der Waals surface area contributed by atoms with Crippen LogP contribution in [0.15, 0.2) is 36.7 Å². The van der Waals surface area contributed by atoms with Gasteiger partial charge in [0.05, 0.1) is 5.56 Å². The third kappa shape index (κ3) is 2.75. The number of nitrogen functional groups attached to an aromatic ring is 1. The van der Waals surface area contributed by atoms with Gasteiger partial charge < -0.3 is 10.2 Å². The molecule has 1 aromatic heterocycles. The van der Waals surface area contributed by atoms with Gasteiger partial charge in [0.15, 0.2) is 0 Å². The van der Waals surface area contributed by atoms with Crippen LogP contribution in [0.1, 0.15) is 18.9 Å². The van der Waals surface area contributed by atoms with E-state index in [2.05, 4.69) is 22.3 Å². The summed E-state index contributed by atoms with van der Waals surface area (Å²) in [5.41, 5.74) is 3.47. The summed E-state index contributed by atoms with van der Waals surface area (Å²) in [6.07, 6.45) is 3.21. The van der Waals surface area contributed by atoms with E-state index in [1.54, 1.807) is 0 Å². The minimum Gasteiger partial charge on any atom is -0.439 e. The summed E-state index contributed by atoms with van der Waals surface area (Å²) in [5.74, 6) is 7.35. The smallest absolute Gasteiger partial charge is 0.227 e. The van der Waals surface area contributed by atoms with Crippen LogP contribution in [0.3, 0.4) is 0 Å². The van der Waals surface area contributed by atoms with Crippen molar-refractivity contribution >= 4 is 5.82 Å². The van der Waals surface area contributed by atoms with Gasteiger partial charge in [-0.3, -0.25) is 0 Å². The topological polar surface area (TPSA) is 73.1 Å². The largest absolute Gasteiger partial charge is 0.439 e.